The molecule has 15 heavy (non-hydrogen) atoms. The minimum Gasteiger partial charge on any atom is -0.279 e. The fourth-order valence-electron chi connectivity index (χ4n) is 1.49. The quantitative estimate of drug-likeness (QED) is 0.732. The highest BCUT2D eigenvalue weighted by atomic mass is 32.2. The second-order valence-electron chi connectivity index (χ2n) is 3.78. The van der Waals surface area contributed by atoms with Gasteiger partial charge < -0.3 is 0 Å². The summed E-state index contributed by atoms with van der Waals surface area (Å²) >= 11 is 0.665. The first kappa shape index (κ1) is 10.2. The first-order chi connectivity index (χ1) is 7.20. The van der Waals surface area contributed by atoms with E-state index in [0.29, 0.717) is 23.4 Å². The van der Waals surface area contributed by atoms with Crippen molar-refractivity contribution in [1.29, 1.82) is 5.26 Å². The third-order valence-electron chi connectivity index (χ3n) is 2.38. The van der Waals surface area contributed by atoms with Crippen molar-refractivity contribution in [3.63, 3.8) is 0 Å². The topological polar surface area (TPSA) is 58.7 Å². The number of hydrogen-bond acceptors (Lipinski definition) is 4. The molecule has 0 unspecified atom stereocenters. The van der Waals surface area contributed by atoms with E-state index in [0.717, 1.165) is 12.2 Å². The van der Waals surface area contributed by atoms with Gasteiger partial charge in [-0.3, -0.25) is 9.48 Å². The molecular weight excluding hydrogens is 210 g/mol. The average Bonchev–Trinajstić information content (AvgIpc) is 2.90. The van der Waals surface area contributed by atoms with Crippen molar-refractivity contribution in [2.75, 3.05) is 0 Å². The Bertz CT molecular complexity index is 428. The zero-order chi connectivity index (χ0) is 10.8. The molecule has 0 spiro atoms. The lowest BCUT2D eigenvalue weighted by atomic mass is 10.3. The average molecular weight is 221 g/mol. The van der Waals surface area contributed by atoms with E-state index in [1.807, 2.05) is 6.92 Å². The van der Waals surface area contributed by atoms with Gasteiger partial charge >= 0.3 is 0 Å². The Morgan fingerprint density at radius 3 is 3.13 bits per heavy atom. The van der Waals surface area contributed by atoms with Gasteiger partial charge in [-0.1, -0.05) is 0 Å². The van der Waals surface area contributed by atoms with Crippen LogP contribution in [0.1, 0.15) is 29.0 Å². The number of carbonyl (C=O) groups excluding carboxylic acids is 1. The first-order valence-electron chi connectivity index (χ1n) is 4.85. The maximum absolute atomic E-state index is 11.6. The van der Waals surface area contributed by atoms with Crippen molar-refractivity contribution in [2.24, 2.45) is 5.92 Å². The Kier molecular flexibility index (Phi) is 2.78. The summed E-state index contributed by atoms with van der Waals surface area (Å²) in [6, 6.07) is 1.75. The maximum Gasteiger partial charge on any atom is 0.251 e. The third kappa shape index (κ3) is 2.39. The van der Waals surface area contributed by atoms with E-state index < -0.39 is 0 Å². The molecule has 1 aromatic heterocycles. The van der Waals surface area contributed by atoms with E-state index in [1.165, 1.54) is 12.8 Å². The van der Waals surface area contributed by atoms with Crippen molar-refractivity contribution < 1.29 is 4.79 Å². The number of rotatable bonds is 3. The van der Waals surface area contributed by atoms with Crippen LogP contribution in [-0.4, -0.2) is 14.9 Å². The summed E-state index contributed by atoms with van der Waals surface area (Å²) in [6.07, 6.45) is 2.44. The SMILES string of the molecule is Cc1cc(C(=O)SC#N)n(CC2CC2)n1. The summed E-state index contributed by atoms with van der Waals surface area (Å²) < 4.78 is 1.74. The molecule has 78 valence electrons. The molecule has 0 bridgehead atoms. The number of hydrogen-bond donors (Lipinski definition) is 0. The van der Waals surface area contributed by atoms with E-state index in [4.69, 9.17) is 5.26 Å². The van der Waals surface area contributed by atoms with Crippen LogP contribution in [0, 0.1) is 23.5 Å². The van der Waals surface area contributed by atoms with Gasteiger partial charge in [0.05, 0.1) is 5.69 Å². The van der Waals surface area contributed by atoms with Gasteiger partial charge in [0.25, 0.3) is 5.12 Å². The molecule has 0 aromatic carbocycles. The Morgan fingerprint density at radius 1 is 1.80 bits per heavy atom. The number of nitrogens with zero attached hydrogens (tertiary/aromatic N) is 3. The fraction of sp³-hybridized carbons (Fsp3) is 0.500. The molecule has 0 atom stereocenters. The molecular formula is C10H11N3OS. The van der Waals surface area contributed by atoms with E-state index in [-0.39, 0.29) is 5.12 Å². The molecule has 1 saturated carbocycles. The van der Waals surface area contributed by atoms with Crippen LogP contribution in [0.2, 0.25) is 0 Å². The highest BCUT2D eigenvalue weighted by Crippen LogP contribution is 2.31. The molecule has 4 nitrogen and oxygen atoms in total. The smallest absolute Gasteiger partial charge is 0.251 e. The molecule has 0 radical (unpaired) electrons. The number of thiocyanates is 1. The van der Waals surface area contributed by atoms with Crippen molar-refractivity contribution in [1.82, 2.24) is 9.78 Å². The first-order valence-corrected chi connectivity index (χ1v) is 5.67. The normalized spacial score (nSPS) is 14.9. The zero-order valence-corrected chi connectivity index (χ0v) is 9.25. The van der Waals surface area contributed by atoms with Crippen LogP contribution in [0.25, 0.3) is 0 Å². The third-order valence-corrected chi connectivity index (χ3v) is 2.86. The lowest BCUT2D eigenvalue weighted by molar-refractivity contribution is 0.108. The summed E-state index contributed by atoms with van der Waals surface area (Å²) in [5.74, 6) is 0.669. The minimum atomic E-state index is -0.209. The van der Waals surface area contributed by atoms with Gasteiger partial charge in [0.1, 0.15) is 11.1 Å². The number of nitriles is 1. The molecule has 2 rings (SSSR count). The molecule has 0 N–H and O–H groups in total. The lowest BCUT2D eigenvalue weighted by Gasteiger charge is -2.02. The number of carbonyl (C=O) groups is 1. The van der Waals surface area contributed by atoms with Gasteiger partial charge in [-0.15, -0.1) is 0 Å². The lowest BCUT2D eigenvalue weighted by Crippen LogP contribution is -2.09. The molecule has 0 amide bonds. The van der Waals surface area contributed by atoms with Crippen molar-refractivity contribution in [3.05, 3.63) is 17.5 Å². The zero-order valence-electron chi connectivity index (χ0n) is 8.43. The standard InChI is InChI=1S/C10H11N3OS/c1-7-4-9(10(14)15-6-11)13(12-7)5-8-2-3-8/h4,8H,2-3,5H2,1H3. The Labute approximate surface area is 92.3 Å². The second kappa shape index (κ2) is 4.07. The van der Waals surface area contributed by atoms with Gasteiger partial charge in [-0.05, 0) is 31.7 Å². The predicted octanol–water partition coefficient (Wildman–Crippen LogP) is 1.96. The van der Waals surface area contributed by atoms with Crippen LogP contribution in [0.3, 0.4) is 0 Å². The van der Waals surface area contributed by atoms with Crippen LogP contribution in [0.4, 0.5) is 0 Å². The van der Waals surface area contributed by atoms with Crippen molar-refractivity contribution in [3.8, 4) is 5.40 Å². The van der Waals surface area contributed by atoms with Crippen molar-refractivity contribution in [2.45, 2.75) is 26.3 Å². The van der Waals surface area contributed by atoms with Crippen LogP contribution in [0.5, 0.6) is 0 Å². The van der Waals surface area contributed by atoms with E-state index in [1.54, 1.807) is 16.1 Å². The molecule has 1 aliphatic carbocycles. The molecule has 5 heteroatoms. The summed E-state index contributed by atoms with van der Waals surface area (Å²) in [4.78, 5) is 11.6. The van der Waals surface area contributed by atoms with Crippen LogP contribution >= 0.6 is 11.8 Å². The number of aryl methyl sites for hydroxylation is 1. The molecule has 1 fully saturated rings. The van der Waals surface area contributed by atoms with Gasteiger partial charge in [0.15, 0.2) is 0 Å². The van der Waals surface area contributed by atoms with Crippen LogP contribution in [0.15, 0.2) is 6.07 Å². The second-order valence-corrected chi connectivity index (χ2v) is 4.53. The summed E-state index contributed by atoms with van der Waals surface area (Å²) in [7, 11) is 0. The summed E-state index contributed by atoms with van der Waals surface area (Å²) in [5, 5.41) is 14.3. The molecule has 1 aromatic rings. The molecule has 1 aliphatic rings. The van der Waals surface area contributed by atoms with Crippen LogP contribution < -0.4 is 0 Å². The number of aromatic nitrogens is 2. The van der Waals surface area contributed by atoms with Crippen LogP contribution in [-0.2, 0) is 6.54 Å². The Balaban J connectivity index is 2.20. The van der Waals surface area contributed by atoms with Gasteiger partial charge in [0.2, 0.25) is 0 Å². The van der Waals surface area contributed by atoms with Gasteiger partial charge in [0, 0.05) is 18.3 Å². The molecule has 0 saturated heterocycles. The van der Waals surface area contributed by atoms with E-state index in [2.05, 4.69) is 5.10 Å². The Morgan fingerprint density at radius 2 is 2.53 bits per heavy atom. The fourth-order valence-corrected chi connectivity index (χ4v) is 1.84. The van der Waals surface area contributed by atoms with Gasteiger partial charge in [-0.2, -0.15) is 10.4 Å². The predicted molar refractivity (Wildman–Crippen MR) is 57.2 cm³/mol. The minimum absolute atomic E-state index is 0.209. The van der Waals surface area contributed by atoms with Gasteiger partial charge in [-0.25, -0.2) is 0 Å². The van der Waals surface area contributed by atoms with Crippen molar-refractivity contribution >= 4 is 16.9 Å². The Hall–Kier alpha value is -1.28. The van der Waals surface area contributed by atoms with E-state index in [9.17, 15) is 4.79 Å². The monoisotopic (exact) mass is 221 g/mol. The molecule has 1 heterocycles. The summed E-state index contributed by atoms with van der Waals surface area (Å²) in [5.41, 5.74) is 1.38. The largest absolute Gasteiger partial charge is 0.279 e. The maximum atomic E-state index is 11.6. The number of thioether (sulfide) groups is 1. The highest BCUT2D eigenvalue weighted by molar-refractivity contribution is 8.18. The van der Waals surface area contributed by atoms with E-state index >= 15 is 0 Å². The molecule has 0 aliphatic heterocycles. The summed E-state index contributed by atoms with van der Waals surface area (Å²) in [6.45, 7) is 2.66. The highest BCUT2D eigenvalue weighted by Gasteiger charge is 2.24.